The van der Waals surface area contributed by atoms with Crippen LogP contribution in [0.5, 0.6) is 0 Å². The minimum atomic E-state index is -1.18. The lowest BCUT2D eigenvalue weighted by Crippen LogP contribution is -2.41. The summed E-state index contributed by atoms with van der Waals surface area (Å²) in [6.07, 6.45) is 6.63. The molecule has 0 N–H and O–H groups in total. The van der Waals surface area contributed by atoms with Gasteiger partial charge in [0.2, 0.25) is 0 Å². The van der Waals surface area contributed by atoms with Gasteiger partial charge in [0.05, 0.1) is 18.9 Å². The van der Waals surface area contributed by atoms with Crippen molar-refractivity contribution < 1.29 is 14.3 Å². The van der Waals surface area contributed by atoms with Crippen molar-refractivity contribution in [2.75, 3.05) is 24.7 Å². The Balaban J connectivity index is 1.92. The number of nitrogens with zero attached hydrogens (tertiary/aromatic N) is 1. The van der Waals surface area contributed by atoms with Crippen LogP contribution in [0.2, 0.25) is 0 Å². The lowest BCUT2D eigenvalue weighted by atomic mass is 10.0. The molecule has 0 aromatic heterocycles. The zero-order valence-corrected chi connectivity index (χ0v) is 14.3. The van der Waals surface area contributed by atoms with Crippen molar-refractivity contribution in [1.82, 2.24) is 0 Å². The molecule has 1 amide bonds. The van der Waals surface area contributed by atoms with Crippen LogP contribution in [0.15, 0.2) is 18.2 Å². The molecule has 1 aromatic carbocycles. The van der Waals surface area contributed by atoms with E-state index in [0.29, 0.717) is 13.2 Å². The molecule has 0 saturated carbocycles. The quantitative estimate of drug-likeness (QED) is 0.719. The van der Waals surface area contributed by atoms with E-state index in [1.165, 1.54) is 5.56 Å². The third-order valence-electron chi connectivity index (χ3n) is 4.73. The van der Waals surface area contributed by atoms with Gasteiger partial charge in [-0.25, -0.2) is 0 Å². The minimum Gasteiger partial charge on any atom is -0.336 e. The molecule has 1 saturated heterocycles. The Morgan fingerprint density at radius 3 is 2.52 bits per heavy atom. The molecule has 0 radical (unpaired) electrons. The fraction of sp³-hybridized carbons (Fsp3) is 0.632. The van der Waals surface area contributed by atoms with E-state index in [0.717, 1.165) is 56.3 Å². The summed E-state index contributed by atoms with van der Waals surface area (Å²) in [6.45, 7) is 6.06. The highest BCUT2D eigenvalue weighted by atomic mass is 16.7. The highest BCUT2D eigenvalue weighted by Crippen LogP contribution is 2.46. The van der Waals surface area contributed by atoms with E-state index < -0.39 is 5.79 Å². The van der Waals surface area contributed by atoms with Gasteiger partial charge in [0.25, 0.3) is 11.7 Å². The summed E-state index contributed by atoms with van der Waals surface area (Å²) < 4.78 is 11.6. The Morgan fingerprint density at radius 1 is 1.09 bits per heavy atom. The van der Waals surface area contributed by atoms with Gasteiger partial charge in [0.15, 0.2) is 0 Å². The zero-order valence-electron chi connectivity index (χ0n) is 14.3. The van der Waals surface area contributed by atoms with Gasteiger partial charge in [-0.05, 0) is 37.0 Å². The predicted molar refractivity (Wildman–Crippen MR) is 90.5 cm³/mol. The third-order valence-corrected chi connectivity index (χ3v) is 4.73. The molecule has 3 rings (SSSR count). The van der Waals surface area contributed by atoms with Crippen LogP contribution < -0.4 is 4.90 Å². The van der Waals surface area contributed by atoms with Crippen LogP contribution in [0.1, 0.15) is 57.1 Å². The van der Waals surface area contributed by atoms with Crippen molar-refractivity contribution in [1.29, 1.82) is 0 Å². The van der Waals surface area contributed by atoms with Crippen molar-refractivity contribution in [3.05, 3.63) is 29.3 Å². The van der Waals surface area contributed by atoms with Gasteiger partial charge in [-0.1, -0.05) is 39.2 Å². The number of aryl methyl sites for hydroxylation is 1. The van der Waals surface area contributed by atoms with Gasteiger partial charge in [-0.3, -0.25) is 4.79 Å². The first kappa shape index (κ1) is 16.5. The molecule has 0 bridgehead atoms. The maximum absolute atomic E-state index is 13.0. The van der Waals surface area contributed by atoms with Crippen LogP contribution in [0.4, 0.5) is 5.69 Å². The normalized spacial score (nSPS) is 18.9. The molecular formula is C19H27NO3. The van der Waals surface area contributed by atoms with Gasteiger partial charge in [-0.15, -0.1) is 0 Å². The standard InChI is InChI=1S/C19H27NO3/c1-3-5-7-11-20-17-10-9-15(8-6-4-2)14-16(17)19(18(20)21)22-12-13-23-19/h9-10,14H,3-8,11-13H2,1-2H3. The molecule has 1 spiro atoms. The highest BCUT2D eigenvalue weighted by Gasteiger charge is 2.55. The Bertz CT molecular complexity index is 564. The Labute approximate surface area is 138 Å². The summed E-state index contributed by atoms with van der Waals surface area (Å²) >= 11 is 0. The van der Waals surface area contributed by atoms with Crippen molar-refractivity contribution >= 4 is 11.6 Å². The second-order valence-electron chi connectivity index (χ2n) is 6.43. The molecule has 2 aliphatic heterocycles. The van der Waals surface area contributed by atoms with Crippen molar-refractivity contribution in [3.8, 4) is 0 Å². The maximum atomic E-state index is 13.0. The van der Waals surface area contributed by atoms with Crippen LogP contribution in [0.3, 0.4) is 0 Å². The first-order chi connectivity index (χ1) is 11.2. The predicted octanol–water partition coefficient (Wildman–Crippen LogP) is 3.77. The largest absolute Gasteiger partial charge is 0.336 e. The first-order valence-corrected chi connectivity index (χ1v) is 8.96. The van der Waals surface area contributed by atoms with E-state index in [4.69, 9.17) is 9.47 Å². The zero-order chi connectivity index (χ0) is 16.3. The minimum absolute atomic E-state index is 0.0475. The summed E-state index contributed by atoms with van der Waals surface area (Å²) in [6, 6.07) is 6.33. The summed E-state index contributed by atoms with van der Waals surface area (Å²) in [5.74, 6) is -1.22. The highest BCUT2D eigenvalue weighted by molar-refractivity contribution is 6.06. The number of amides is 1. The number of fused-ring (bicyclic) bond motifs is 2. The number of carbonyl (C=O) groups excluding carboxylic acids is 1. The van der Waals surface area contributed by atoms with E-state index in [1.54, 1.807) is 0 Å². The summed E-state index contributed by atoms with van der Waals surface area (Å²) in [7, 11) is 0. The van der Waals surface area contributed by atoms with Gasteiger partial charge >= 0.3 is 0 Å². The summed E-state index contributed by atoms with van der Waals surface area (Å²) in [4.78, 5) is 14.8. The number of hydrogen-bond acceptors (Lipinski definition) is 3. The fourth-order valence-electron chi connectivity index (χ4n) is 3.45. The number of carbonyl (C=O) groups is 1. The number of unbranched alkanes of at least 4 members (excludes halogenated alkanes) is 3. The average molecular weight is 317 g/mol. The molecule has 23 heavy (non-hydrogen) atoms. The summed E-state index contributed by atoms with van der Waals surface area (Å²) in [5, 5.41) is 0. The van der Waals surface area contributed by atoms with Crippen molar-refractivity contribution in [2.24, 2.45) is 0 Å². The number of benzene rings is 1. The fourth-order valence-corrected chi connectivity index (χ4v) is 3.45. The molecule has 4 heteroatoms. The molecule has 0 aliphatic carbocycles. The average Bonchev–Trinajstić information content (AvgIpc) is 3.14. The van der Waals surface area contributed by atoms with Crippen molar-refractivity contribution in [2.45, 2.75) is 58.2 Å². The van der Waals surface area contributed by atoms with E-state index in [-0.39, 0.29) is 5.91 Å². The van der Waals surface area contributed by atoms with Crippen LogP contribution >= 0.6 is 0 Å². The van der Waals surface area contributed by atoms with Gasteiger partial charge in [-0.2, -0.15) is 0 Å². The molecule has 0 atom stereocenters. The SMILES string of the molecule is CCCCCN1C(=O)C2(OCCO2)c2cc(CCCC)ccc21. The van der Waals surface area contributed by atoms with Crippen LogP contribution in [0, 0.1) is 0 Å². The molecule has 4 nitrogen and oxygen atoms in total. The van der Waals surface area contributed by atoms with E-state index >= 15 is 0 Å². The summed E-state index contributed by atoms with van der Waals surface area (Å²) in [5.41, 5.74) is 3.13. The molecule has 1 fully saturated rings. The molecule has 2 heterocycles. The van der Waals surface area contributed by atoms with E-state index in [2.05, 4.69) is 32.0 Å². The second kappa shape index (κ2) is 7.02. The third kappa shape index (κ3) is 2.90. The van der Waals surface area contributed by atoms with Crippen LogP contribution in [0.25, 0.3) is 0 Å². The molecule has 1 aromatic rings. The molecular weight excluding hydrogens is 290 g/mol. The molecule has 2 aliphatic rings. The second-order valence-corrected chi connectivity index (χ2v) is 6.43. The number of anilines is 1. The van der Waals surface area contributed by atoms with Gasteiger partial charge < -0.3 is 14.4 Å². The van der Waals surface area contributed by atoms with Crippen molar-refractivity contribution in [3.63, 3.8) is 0 Å². The Kier molecular flexibility index (Phi) is 5.02. The number of rotatable bonds is 7. The van der Waals surface area contributed by atoms with Gasteiger partial charge in [0, 0.05) is 12.1 Å². The number of ether oxygens (including phenoxy) is 2. The maximum Gasteiger partial charge on any atom is 0.292 e. The smallest absolute Gasteiger partial charge is 0.292 e. The first-order valence-electron chi connectivity index (χ1n) is 8.96. The lowest BCUT2D eigenvalue weighted by molar-refractivity contribution is -0.180. The number of hydrogen-bond donors (Lipinski definition) is 0. The van der Waals surface area contributed by atoms with Gasteiger partial charge in [0.1, 0.15) is 0 Å². The molecule has 126 valence electrons. The lowest BCUT2D eigenvalue weighted by Gasteiger charge is -2.22. The van der Waals surface area contributed by atoms with E-state index in [1.807, 2.05) is 4.90 Å². The van der Waals surface area contributed by atoms with Crippen LogP contribution in [-0.2, 0) is 26.5 Å². The topological polar surface area (TPSA) is 38.8 Å². The van der Waals surface area contributed by atoms with E-state index in [9.17, 15) is 4.79 Å². The molecule has 0 unspecified atom stereocenters. The monoisotopic (exact) mass is 317 g/mol. The van der Waals surface area contributed by atoms with Crippen LogP contribution in [-0.4, -0.2) is 25.7 Å². The Hall–Kier alpha value is -1.39. The Morgan fingerprint density at radius 2 is 1.83 bits per heavy atom.